The topological polar surface area (TPSA) is 59.8 Å². The van der Waals surface area contributed by atoms with Gasteiger partial charge in [0.25, 0.3) is 11.1 Å². The van der Waals surface area contributed by atoms with Crippen LogP contribution in [0.25, 0.3) is 16.5 Å². The summed E-state index contributed by atoms with van der Waals surface area (Å²) in [5.74, 6) is 0. The van der Waals surface area contributed by atoms with Crippen LogP contribution in [0.2, 0.25) is 0 Å². The molecule has 1 N–H and O–H groups in total. The van der Waals surface area contributed by atoms with E-state index in [0.29, 0.717) is 10.8 Å². The summed E-state index contributed by atoms with van der Waals surface area (Å²) in [5, 5.41) is 3.50. The van der Waals surface area contributed by atoms with Crippen LogP contribution in [0.5, 0.6) is 0 Å². The molecule has 0 aliphatic heterocycles. The number of aryl methyl sites for hydroxylation is 3. The molecular formula is C15H15N3O2. The van der Waals surface area contributed by atoms with Crippen molar-refractivity contribution in [2.24, 2.45) is 7.05 Å². The van der Waals surface area contributed by atoms with Gasteiger partial charge in [-0.15, -0.1) is 0 Å². The third-order valence-corrected chi connectivity index (χ3v) is 3.67. The number of benzene rings is 1. The van der Waals surface area contributed by atoms with Crippen LogP contribution < -0.4 is 11.1 Å². The first-order chi connectivity index (χ1) is 9.52. The molecule has 2 heterocycles. The third kappa shape index (κ3) is 1.56. The fourth-order valence-electron chi connectivity index (χ4n) is 2.77. The first kappa shape index (κ1) is 12.5. The van der Waals surface area contributed by atoms with Gasteiger partial charge >= 0.3 is 0 Å². The van der Waals surface area contributed by atoms with Gasteiger partial charge in [0.05, 0.1) is 10.8 Å². The highest BCUT2D eigenvalue weighted by Gasteiger charge is 2.18. The zero-order chi connectivity index (χ0) is 14.4. The van der Waals surface area contributed by atoms with Gasteiger partial charge in [-0.25, -0.2) is 0 Å². The van der Waals surface area contributed by atoms with Gasteiger partial charge in [0, 0.05) is 24.1 Å². The number of hydrogen-bond acceptors (Lipinski definition) is 2. The summed E-state index contributed by atoms with van der Waals surface area (Å²) in [6.07, 6.45) is 0. The van der Waals surface area contributed by atoms with Crippen molar-refractivity contribution >= 4 is 10.8 Å². The number of hydrogen-bond donors (Lipinski definition) is 1. The highest BCUT2D eigenvalue weighted by atomic mass is 16.2. The summed E-state index contributed by atoms with van der Waals surface area (Å²) in [7, 11) is 1.55. The molecule has 1 aromatic carbocycles. The van der Waals surface area contributed by atoms with Crippen LogP contribution in [0.1, 0.15) is 11.4 Å². The SMILES string of the molecule is Cc1c2c(=O)[nH]n(C)c(=O)c2c(C)n1-c1ccccc1. The molecule has 0 bridgehead atoms. The Bertz CT molecular complexity index is 914. The lowest BCUT2D eigenvalue weighted by Gasteiger charge is -2.08. The maximum absolute atomic E-state index is 12.3. The van der Waals surface area contributed by atoms with E-state index in [0.717, 1.165) is 17.1 Å². The molecule has 2 aromatic heterocycles. The van der Waals surface area contributed by atoms with Gasteiger partial charge in [-0.2, -0.15) is 0 Å². The van der Waals surface area contributed by atoms with Crippen LogP contribution in [0.4, 0.5) is 0 Å². The van der Waals surface area contributed by atoms with E-state index in [1.807, 2.05) is 48.7 Å². The molecule has 0 amide bonds. The summed E-state index contributed by atoms with van der Waals surface area (Å²) in [4.78, 5) is 24.4. The minimum absolute atomic E-state index is 0.185. The maximum Gasteiger partial charge on any atom is 0.274 e. The second kappa shape index (κ2) is 4.23. The number of nitrogens with zero attached hydrogens (tertiary/aromatic N) is 2. The average Bonchev–Trinajstić information content (AvgIpc) is 2.69. The highest BCUT2D eigenvalue weighted by molar-refractivity contribution is 5.87. The van der Waals surface area contributed by atoms with Crippen molar-refractivity contribution in [2.45, 2.75) is 13.8 Å². The van der Waals surface area contributed by atoms with E-state index in [1.54, 1.807) is 7.05 Å². The van der Waals surface area contributed by atoms with Gasteiger partial charge < -0.3 is 4.57 Å². The second-order valence-electron chi connectivity index (χ2n) is 4.90. The van der Waals surface area contributed by atoms with E-state index < -0.39 is 0 Å². The second-order valence-corrected chi connectivity index (χ2v) is 4.90. The van der Waals surface area contributed by atoms with Crippen molar-refractivity contribution in [2.75, 3.05) is 0 Å². The molecule has 3 rings (SSSR count). The van der Waals surface area contributed by atoms with Gasteiger partial charge in [0.15, 0.2) is 0 Å². The molecule has 5 heteroatoms. The molecule has 0 atom stereocenters. The monoisotopic (exact) mass is 269 g/mol. The van der Waals surface area contributed by atoms with Crippen LogP contribution in [-0.2, 0) is 7.05 Å². The highest BCUT2D eigenvalue weighted by Crippen LogP contribution is 2.23. The minimum atomic E-state index is -0.239. The molecule has 0 saturated heterocycles. The van der Waals surface area contributed by atoms with E-state index in [-0.39, 0.29) is 11.1 Å². The summed E-state index contributed by atoms with van der Waals surface area (Å²) in [5.41, 5.74) is 2.09. The predicted molar refractivity (Wildman–Crippen MR) is 78.6 cm³/mol. The van der Waals surface area contributed by atoms with Crippen molar-refractivity contribution in [1.29, 1.82) is 0 Å². The van der Waals surface area contributed by atoms with Crippen LogP contribution in [0.3, 0.4) is 0 Å². The first-order valence-corrected chi connectivity index (χ1v) is 6.38. The average molecular weight is 269 g/mol. The molecule has 0 radical (unpaired) electrons. The van der Waals surface area contributed by atoms with Crippen molar-refractivity contribution in [3.8, 4) is 5.69 Å². The lowest BCUT2D eigenvalue weighted by atomic mass is 10.2. The zero-order valence-electron chi connectivity index (χ0n) is 11.6. The number of para-hydroxylation sites is 1. The van der Waals surface area contributed by atoms with Crippen LogP contribution >= 0.6 is 0 Å². The Morgan fingerprint density at radius 1 is 0.950 bits per heavy atom. The normalized spacial score (nSPS) is 11.2. The minimum Gasteiger partial charge on any atom is -0.317 e. The third-order valence-electron chi connectivity index (χ3n) is 3.67. The predicted octanol–water partition coefficient (Wildman–Crippen LogP) is 1.63. The summed E-state index contributed by atoms with van der Waals surface area (Å²) in [6, 6.07) is 9.71. The van der Waals surface area contributed by atoms with Crippen molar-refractivity contribution in [3.05, 3.63) is 62.4 Å². The lowest BCUT2D eigenvalue weighted by Crippen LogP contribution is -2.27. The van der Waals surface area contributed by atoms with Crippen LogP contribution in [0.15, 0.2) is 39.9 Å². The Morgan fingerprint density at radius 3 is 2.20 bits per heavy atom. The van der Waals surface area contributed by atoms with Gasteiger partial charge in [0.2, 0.25) is 0 Å². The number of H-pyrrole nitrogens is 1. The molecule has 0 spiro atoms. The van der Waals surface area contributed by atoms with Crippen molar-refractivity contribution in [3.63, 3.8) is 0 Å². The van der Waals surface area contributed by atoms with E-state index in [2.05, 4.69) is 5.10 Å². The van der Waals surface area contributed by atoms with Crippen LogP contribution in [-0.4, -0.2) is 14.3 Å². The van der Waals surface area contributed by atoms with Gasteiger partial charge in [-0.3, -0.25) is 19.4 Å². The smallest absolute Gasteiger partial charge is 0.274 e. The Balaban J connectivity index is 2.55. The Hall–Kier alpha value is -2.56. The molecule has 0 fully saturated rings. The Morgan fingerprint density at radius 2 is 1.55 bits per heavy atom. The summed E-state index contributed by atoms with van der Waals surface area (Å²) in [6.45, 7) is 3.72. The number of rotatable bonds is 1. The van der Waals surface area contributed by atoms with Crippen LogP contribution in [0, 0.1) is 13.8 Å². The van der Waals surface area contributed by atoms with E-state index in [4.69, 9.17) is 0 Å². The van der Waals surface area contributed by atoms with Gasteiger partial charge in [0.1, 0.15) is 0 Å². The van der Waals surface area contributed by atoms with Gasteiger partial charge in [-0.05, 0) is 26.0 Å². The fraction of sp³-hybridized carbons (Fsp3) is 0.200. The number of nitrogens with one attached hydrogen (secondary N) is 1. The summed E-state index contributed by atoms with van der Waals surface area (Å²) < 4.78 is 3.17. The quantitative estimate of drug-likeness (QED) is 0.730. The molecule has 0 aliphatic rings. The summed E-state index contributed by atoms with van der Waals surface area (Å²) >= 11 is 0. The Labute approximate surface area is 115 Å². The molecule has 5 nitrogen and oxygen atoms in total. The standard InChI is InChI=1S/C15H15N3O2/c1-9-12-13(15(20)17(3)16-14(12)19)10(2)18(9)11-7-5-4-6-8-11/h4-8H,1-3H3,(H,16,19). The largest absolute Gasteiger partial charge is 0.317 e. The maximum atomic E-state index is 12.3. The van der Waals surface area contributed by atoms with Gasteiger partial charge in [-0.1, -0.05) is 18.2 Å². The number of aromatic amines is 1. The van der Waals surface area contributed by atoms with Crippen molar-refractivity contribution in [1.82, 2.24) is 14.3 Å². The molecule has 102 valence electrons. The molecular weight excluding hydrogens is 254 g/mol. The molecule has 20 heavy (non-hydrogen) atoms. The lowest BCUT2D eigenvalue weighted by molar-refractivity contribution is 0.704. The Kier molecular flexibility index (Phi) is 2.64. The fourth-order valence-corrected chi connectivity index (χ4v) is 2.77. The van der Waals surface area contributed by atoms with E-state index >= 15 is 0 Å². The first-order valence-electron chi connectivity index (χ1n) is 6.38. The molecule has 0 aliphatic carbocycles. The van der Waals surface area contributed by atoms with Crippen molar-refractivity contribution < 1.29 is 0 Å². The number of aromatic nitrogens is 3. The molecule has 3 aromatic rings. The van der Waals surface area contributed by atoms with E-state index in [1.165, 1.54) is 4.68 Å². The van der Waals surface area contributed by atoms with E-state index in [9.17, 15) is 9.59 Å². The molecule has 0 saturated carbocycles. The zero-order valence-corrected chi connectivity index (χ0v) is 11.6. The molecule has 0 unspecified atom stereocenters. The number of fused-ring (bicyclic) bond motifs is 1.